The predicted molar refractivity (Wildman–Crippen MR) is 70.3 cm³/mol. The highest BCUT2D eigenvalue weighted by Crippen LogP contribution is 2.32. The molecule has 4 nitrogen and oxygen atoms in total. The molecule has 116 valence electrons. The molecule has 1 aliphatic rings. The number of nitrogens with two attached hydrogens (primary N) is 1. The molecule has 7 heteroatoms. The molecular formula is C14H17F3N2O2. The van der Waals surface area contributed by atoms with Gasteiger partial charge in [-0.2, -0.15) is 13.2 Å². The highest BCUT2D eigenvalue weighted by atomic mass is 19.4. The van der Waals surface area contributed by atoms with Crippen LogP contribution in [-0.4, -0.2) is 36.6 Å². The van der Waals surface area contributed by atoms with Gasteiger partial charge in [-0.3, -0.25) is 9.69 Å². The van der Waals surface area contributed by atoms with Crippen LogP contribution in [0.5, 0.6) is 0 Å². The third-order valence-corrected chi connectivity index (χ3v) is 3.48. The van der Waals surface area contributed by atoms with Crippen LogP contribution in [0.1, 0.15) is 17.5 Å². The number of ether oxygens (including phenoxy) is 1. The molecule has 0 aromatic heterocycles. The van der Waals surface area contributed by atoms with E-state index in [2.05, 4.69) is 0 Å². The highest BCUT2D eigenvalue weighted by molar-refractivity contribution is 5.74. The maximum absolute atomic E-state index is 13.0. The van der Waals surface area contributed by atoms with E-state index in [-0.39, 0.29) is 24.6 Å². The lowest BCUT2D eigenvalue weighted by Crippen LogP contribution is -2.46. The number of morpholine rings is 1. The van der Waals surface area contributed by atoms with E-state index in [1.54, 1.807) is 6.07 Å². The van der Waals surface area contributed by atoms with Crippen molar-refractivity contribution in [1.82, 2.24) is 4.90 Å². The first-order chi connectivity index (χ1) is 9.88. The molecule has 1 amide bonds. The molecule has 1 aliphatic heterocycles. The Balaban J connectivity index is 2.18. The summed E-state index contributed by atoms with van der Waals surface area (Å²) in [4.78, 5) is 12.9. The zero-order valence-electron chi connectivity index (χ0n) is 11.4. The van der Waals surface area contributed by atoms with E-state index in [1.165, 1.54) is 12.1 Å². The van der Waals surface area contributed by atoms with Crippen molar-refractivity contribution in [2.45, 2.75) is 25.2 Å². The Morgan fingerprint density at radius 3 is 2.76 bits per heavy atom. The van der Waals surface area contributed by atoms with Gasteiger partial charge < -0.3 is 10.5 Å². The summed E-state index contributed by atoms with van der Waals surface area (Å²) in [5, 5.41) is 0. The van der Waals surface area contributed by atoms with Gasteiger partial charge in [0, 0.05) is 25.6 Å². The lowest BCUT2D eigenvalue weighted by atomic mass is 10.0. The van der Waals surface area contributed by atoms with Crippen LogP contribution < -0.4 is 5.73 Å². The molecule has 0 bridgehead atoms. The van der Waals surface area contributed by atoms with Crippen molar-refractivity contribution in [3.05, 3.63) is 35.4 Å². The molecule has 2 rings (SSSR count). The van der Waals surface area contributed by atoms with Gasteiger partial charge in [0.2, 0.25) is 5.91 Å². The Morgan fingerprint density at radius 1 is 1.38 bits per heavy atom. The van der Waals surface area contributed by atoms with Gasteiger partial charge in [-0.25, -0.2) is 0 Å². The van der Waals surface area contributed by atoms with E-state index < -0.39 is 17.6 Å². The second kappa shape index (κ2) is 6.44. The number of hydrogen-bond donors (Lipinski definition) is 1. The lowest BCUT2D eigenvalue weighted by Gasteiger charge is -2.35. The van der Waals surface area contributed by atoms with Crippen LogP contribution in [0, 0.1) is 0 Å². The van der Waals surface area contributed by atoms with E-state index in [4.69, 9.17) is 10.5 Å². The van der Waals surface area contributed by atoms with Crippen LogP contribution in [0.3, 0.4) is 0 Å². The van der Waals surface area contributed by atoms with Gasteiger partial charge in [-0.05, 0) is 11.6 Å². The molecule has 0 spiro atoms. The zero-order valence-corrected chi connectivity index (χ0v) is 11.4. The Kier molecular flexibility index (Phi) is 4.84. The fourth-order valence-electron chi connectivity index (χ4n) is 2.47. The first-order valence-corrected chi connectivity index (χ1v) is 6.63. The van der Waals surface area contributed by atoms with Crippen LogP contribution in [-0.2, 0) is 22.3 Å². The number of alkyl halides is 3. The number of amides is 1. The quantitative estimate of drug-likeness (QED) is 0.922. The molecule has 0 saturated carbocycles. The van der Waals surface area contributed by atoms with Gasteiger partial charge in [0.05, 0.1) is 18.8 Å². The molecule has 1 heterocycles. The van der Waals surface area contributed by atoms with Crippen LogP contribution in [0.25, 0.3) is 0 Å². The predicted octanol–water partition coefficient (Wildman–Crippen LogP) is 1.78. The van der Waals surface area contributed by atoms with Crippen molar-refractivity contribution in [1.29, 1.82) is 0 Å². The molecule has 1 unspecified atom stereocenters. The standard InChI is InChI=1S/C14H17F3N2O2/c15-14(16,17)12-4-2-1-3-10(12)8-19-5-6-21-9-11(19)7-13(18)20/h1-4,11H,5-9H2,(H2,18,20). The largest absolute Gasteiger partial charge is 0.416 e. The average molecular weight is 302 g/mol. The number of hydrogen-bond acceptors (Lipinski definition) is 3. The smallest absolute Gasteiger partial charge is 0.378 e. The van der Waals surface area contributed by atoms with Gasteiger partial charge in [0.15, 0.2) is 0 Å². The first-order valence-electron chi connectivity index (χ1n) is 6.63. The fraction of sp³-hybridized carbons (Fsp3) is 0.500. The summed E-state index contributed by atoms with van der Waals surface area (Å²) in [6, 6.07) is 5.19. The second-order valence-corrected chi connectivity index (χ2v) is 5.02. The van der Waals surface area contributed by atoms with Crippen LogP contribution in [0.15, 0.2) is 24.3 Å². The van der Waals surface area contributed by atoms with Gasteiger partial charge >= 0.3 is 6.18 Å². The molecule has 21 heavy (non-hydrogen) atoms. The average Bonchev–Trinajstić information content (AvgIpc) is 2.40. The Bertz CT molecular complexity index is 505. The minimum Gasteiger partial charge on any atom is -0.378 e. The topological polar surface area (TPSA) is 55.6 Å². The van der Waals surface area contributed by atoms with Gasteiger partial charge in [0.25, 0.3) is 0 Å². The second-order valence-electron chi connectivity index (χ2n) is 5.02. The van der Waals surface area contributed by atoms with E-state index in [1.807, 2.05) is 4.90 Å². The van der Waals surface area contributed by atoms with Crippen molar-refractivity contribution in [2.24, 2.45) is 5.73 Å². The summed E-state index contributed by atoms with van der Waals surface area (Å²) in [7, 11) is 0. The Morgan fingerprint density at radius 2 is 2.10 bits per heavy atom. The van der Waals surface area contributed by atoms with Crippen molar-refractivity contribution in [3.63, 3.8) is 0 Å². The maximum Gasteiger partial charge on any atom is 0.416 e. The minimum atomic E-state index is -4.39. The first kappa shape index (κ1) is 15.8. The monoisotopic (exact) mass is 302 g/mol. The summed E-state index contributed by atoms with van der Waals surface area (Å²) in [6.07, 6.45) is -4.31. The number of carbonyl (C=O) groups excluding carboxylic acids is 1. The number of nitrogens with zero attached hydrogens (tertiary/aromatic N) is 1. The molecule has 1 aromatic rings. The number of rotatable bonds is 4. The normalized spacial score (nSPS) is 20.4. The molecule has 1 aromatic carbocycles. The van der Waals surface area contributed by atoms with Crippen molar-refractivity contribution in [3.8, 4) is 0 Å². The third kappa shape index (κ3) is 4.18. The molecule has 1 saturated heterocycles. The van der Waals surface area contributed by atoms with Crippen molar-refractivity contribution in [2.75, 3.05) is 19.8 Å². The third-order valence-electron chi connectivity index (χ3n) is 3.48. The van der Waals surface area contributed by atoms with Gasteiger partial charge in [-0.1, -0.05) is 18.2 Å². The lowest BCUT2D eigenvalue weighted by molar-refractivity contribution is -0.139. The summed E-state index contributed by atoms with van der Waals surface area (Å²) >= 11 is 0. The number of carbonyl (C=O) groups is 1. The molecule has 1 atom stereocenters. The van der Waals surface area contributed by atoms with E-state index >= 15 is 0 Å². The van der Waals surface area contributed by atoms with Gasteiger partial charge in [-0.15, -0.1) is 0 Å². The molecule has 2 N–H and O–H groups in total. The maximum atomic E-state index is 13.0. The van der Waals surface area contributed by atoms with E-state index in [0.717, 1.165) is 6.07 Å². The van der Waals surface area contributed by atoms with Crippen molar-refractivity contribution < 1.29 is 22.7 Å². The number of benzene rings is 1. The van der Waals surface area contributed by atoms with Crippen LogP contribution >= 0.6 is 0 Å². The number of halogens is 3. The van der Waals surface area contributed by atoms with Gasteiger partial charge in [0.1, 0.15) is 0 Å². The van der Waals surface area contributed by atoms with Crippen LogP contribution in [0.2, 0.25) is 0 Å². The molecule has 0 radical (unpaired) electrons. The van der Waals surface area contributed by atoms with E-state index in [9.17, 15) is 18.0 Å². The van der Waals surface area contributed by atoms with Crippen LogP contribution in [0.4, 0.5) is 13.2 Å². The molecule has 1 fully saturated rings. The summed E-state index contributed by atoms with van der Waals surface area (Å²) in [6.45, 7) is 1.34. The Hall–Kier alpha value is -1.60. The highest BCUT2D eigenvalue weighted by Gasteiger charge is 2.34. The zero-order chi connectivity index (χ0) is 15.5. The summed E-state index contributed by atoms with van der Waals surface area (Å²) in [5.74, 6) is -0.486. The SMILES string of the molecule is NC(=O)CC1COCCN1Cc1ccccc1C(F)(F)F. The fourth-order valence-corrected chi connectivity index (χ4v) is 2.47. The molecule has 0 aliphatic carbocycles. The van der Waals surface area contributed by atoms with Crippen molar-refractivity contribution >= 4 is 5.91 Å². The summed E-state index contributed by atoms with van der Waals surface area (Å²) < 4.78 is 44.3. The minimum absolute atomic E-state index is 0.0776. The molecular weight excluding hydrogens is 285 g/mol. The summed E-state index contributed by atoms with van der Waals surface area (Å²) in [5.41, 5.74) is 4.73. The number of primary amides is 1. The van der Waals surface area contributed by atoms with E-state index in [0.29, 0.717) is 19.8 Å². The Labute approximate surface area is 120 Å².